The normalized spacial score (nSPS) is 11.2. The van der Waals surface area contributed by atoms with Crippen LogP contribution in [0.25, 0.3) is 0 Å². The molecule has 0 aromatic heterocycles. The van der Waals surface area contributed by atoms with Crippen molar-refractivity contribution in [1.29, 1.82) is 0 Å². The first kappa shape index (κ1) is 13.7. The zero-order valence-corrected chi connectivity index (χ0v) is 10.6. The van der Waals surface area contributed by atoms with Crippen LogP contribution in [0, 0.1) is 6.92 Å². The number of nitrogens with one attached hydrogen (secondary N) is 1. The number of aryl methyl sites for hydroxylation is 1. The van der Waals surface area contributed by atoms with Crippen molar-refractivity contribution in [3.05, 3.63) is 29.8 Å². The molecule has 1 aromatic rings. The lowest BCUT2D eigenvalue weighted by Gasteiger charge is -2.06. The molecule has 0 saturated carbocycles. The third-order valence-corrected chi connectivity index (χ3v) is 3.35. The summed E-state index contributed by atoms with van der Waals surface area (Å²) in [6.45, 7) is 3.32. The van der Waals surface area contributed by atoms with Gasteiger partial charge >= 0.3 is 0 Å². The summed E-state index contributed by atoms with van der Waals surface area (Å²) in [4.78, 5) is 10.7. The lowest BCUT2D eigenvalue weighted by atomic mass is 10.2. The molecule has 1 amide bonds. The summed E-state index contributed by atoms with van der Waals surface area (Å²) >= 11 is 0. The molecule has 1 aromatic carbocycles. The van der Waals surface area contributed by atoms with E-state index in [2.05, 4.69) is 5.32 Å². The Morgan fingerprint density at radius 3 is 2.41 bits per heavy atom. The number of carbonyl (C=O) groups is 1. The molecule has 0 unspecified atom stereocenters. The van der Waals surface area contributed by atoms with Crippen molar-refractivity contribution in [3.8, 4) is 0 Å². The van der Waals surface area contributed by atoms with Crippen molar-refractivity contribution in [2.75, 3.05) is 13.2 Å². The van der Waals surface area contributed by atoms with Crippen molar-refractivity contribution in [1.82, 2.24) is 5.32 Å². The fourth-order valence-electron chi connectivity index (χ4n) is 1.15. The van der Waals surface area contributed by atoms with Gasteiger partial charge in [-0.15, -0.1) is 0 Å². The molecule has 94 valence electrons. The van der Waals surface area contributed by atoms with Crippen LogP contribution in [0.15, 0.2) is 29.2 Å². The van der Waals surface area contributed by atoms with Crippen LogP contribution in [0.3, 0.4) is 0 Å². The topological polar surface area (TPSA) is 72.5 Å². The standard InChI is InChI=1S/C11H15NO4S/c1-9-3-5-11(6-4-9)17(14,15)16-8-7-12-10(2)13/h3-6H,7-8H2,1-2H3,(H,12,13). The lowest BCUT2D eigenvalue weighted by molar-refractivity contribution is -0.119. The molecular weight excluding hydrogens is 242 g/mol. The molecule has 0 radical (unpaired) electrons. The second kappa shape index (κ2) is 5.79. The highest BCUT2D eigenvalue weighted by atomic mass is 32.2. The predicted octanol–water partition coefficient (Wildman–Crippen LogP) is 0.836. The Balaban J connectivity index is 2.57. The number of benzene rings is 1. The van der Waals surface area contributed by atoms with E-state index in [0.717, 1.165) is 5.56 Å². The van der Waals surface area contributed by atoms with E-state index >= 15 is 0 Å². The first-order valence-electron chi connectivity index (χ1n) is 5.12. The predicted molar refractivity (Wildman–Crippen MR) is 63.0 cm³/mol. The lowest BCUT2D eigenvalue weighted by Crippen LogP contribution is -2.25. The molecule has 0 fully saturated rings. The average Bonchev–Trinajstić information content (AvgIpc) is 2.25. The maximum Gasteiger partial charge on any atom is 0.297 e. The van der Waals surface area contributed by atoms with Gasteiger partial charge in [0.15, 0.2) is 0 Å². The van der Waals surface area contributed by atoms with Crippen LogP contribution in [-0.4, -0.2) is 27.5 Å². The Morgan fingerprint density at radius 1 is 1.29 bits per heavy atom. The second-order valence-electron chi connectivity index (χ2n) is 3.57. The Hall–Kier alpha value is -1.40. The highest BCUT2D eigenvalue weighted by molar-refractivity contribution is 7.86. The van der Waals surface area contributed by atoms with Crippen molar-refractivity contribution < 1.29 is 17.4 Å². The quantitative estimate of drug-likeness (QED) is 0.626. The van der Waals surface area contributed by atoms with Crippen molar-refractivity contribution in [2.45, 2.75) is 18.7 Å². The summed E-state index contributed by atoms with van der Waals surface area (Å²) < 4.78 is 28.1. The molecule has 0 atom stereocenters. The van der Waals surface area contributed by atoms with E-state index in [1.165, 1.54) is 19.1 Å². The van der Waals surface area contributed by atoms with Gasteiger partial charge in [0.2, 0.25) is 5.91 Å². The van der Waals surface area contributed by atoms with E-state index in [1.807, 2.05) is 6.92 Å². The highest BCUT2D eigenvalue weighted by Crippen LogP contribution is 2.12. The van der Waals surface area contributed by atoms with E-state index in [0.29, 0.717) is 0 Å². The van der Waals surface area contributed by atoms with Crippen LogP contribution in [0.2, 0.25) is 0 Å². The third kappa shape index (κ3) is 4.54. The second-order valence-corrected chi connectivity index (χ2v) is 5.19. The molecule has 0 saturated heterocycles. The monoisotopic (exact) mass is 257 g/mol. The molecule has 0 bridgehead atoms. The third-order valence-electron chi connectivity index (χ3n) is 2.02. The molecule has 0 aliphatic carbocycles. The smallest absolute Gasteiger partial charge is 0.297 e. The number of amides is 1. The van der Waals surface area contributed by atoms with Crippen LogP contribution in [0.1, 0.15) is 12.5 Å². The number of rotatable bonds is 5. The summed E-state index contributed by atoms with van der Waals surface area (Å²) in [6, 6.07) is 6.38. The highest BCUT2D eigenvalue weighted by Gasteiger charge is 2.14. The van der Waals surface area contributed by atoms with E-state index in [4.69, 9.17) is 4.18 Å². The first-order valence-corrected chi connectivity index (χ1v) is 6.53. The first-order chi connectivity index (χ1) is 7.92. The van der Waals surface area contributed by atoms with Gasteiger partial charge in [-0.3, -0.25) is 8.98 Å². The minimum absolute atomic E-state index is 0.0736. The van der Waals surface area contributed by atoms with Crippen molar-refractivity contribution >= 4 is 16.0 Å². The zero-order chi connectivity index (χ0) is 12.9. The van der Waals surface area contributed by atoms with Gasteiger partial charge in [-0.1, -0.05) is 17.7 Å². The minimum Gasteiger partial charge on any atom is -0.354 e. The summed E-state index contributed by atoms with van der Waals surface area (Å²) in [7, 11) is -3.73. The van der Waals surface area contributed by atoms with Crippen LogP contribution < -0.4 is 5.32 Å². The Kier molecular flexibility index (Phi) is 4.65. The molecular formula is C11H15NO4S. The summed E-state index contributed by atoms with van der Waals surface area (Å²) in [5.41, 5.74) is 0.974. The Morgan fingerprint density at radius 2 is 1.88 bits per heavy atom. The van der Waals surface area contributed by atoms with Gasteiger partial charge in [-0.2, -0.15) is 8.42 Å². The van der Waals surface area contributed by atoms with E-state index in [-0.39, 0.29) is 24.0 Å². The molecule has 0 spiro atoms. The van der Waals surface area contributed by atoms with Gasteiger partial charge in [0.25, 0.3) is 10.1 Å². The van der Waals surface area contributed by atoms with Gasteiger partial charge in [0, 0.05) is 13.5 Å². The van der Waals surface area contributed by atoms with Gasteiger partial charge in [-0.05, 0) is 19.1 Å². The summed E-state index contributed by atoms with van der Waals surface area (Å²) in [5, 5.41) is 2.45. The molecule has 17 heavy (non-hydrogen) atoms. The maximum atomic E-state index is 11.7. The van der Waals surface area contributed by atoms with Crippen LogP contribution in [0.5, 0.6) is 0 Å². The maximum absolute atomic E-state index is 11.7. The summed E-state index contributed by atoms with van der Waals surface area (Å²) in [6.07, 6.45) is 0. The van der Waals surface area contributed by atoms with E-state index in [1.54, 1.807) is 12.1 Å². The number of hydrogen-bond donors (Lipinski definition) is 1. The molecule has 6 heteroatoms. The molecule has 0 aliphatic heterocycles. The van der Waals surface area contributed by atoms with E-state index in [9.17, 15) is 13.2 Å². The Labute approximate surface area is 101 Å². The van der Waals surface area contributed by atoms with E-state index < -0.39 is 10.1 Å². The van der Waals surface area contributed by atoms with Crippen LogP contribution >= 0.6 is 0 Å². The average molecular weight is 257 g/mol. The molecule has 1 N–H and O–H groups in total. The van der Waals surface area contributed by atoms with Crippen LogP contribution in [-0.2, 0) is 19.1 Å². The van der Waals surface area contributed by atoms with Crippen molar-refractivity contribution in [3.63, 3.8) is 0 Å². The fourth-order valence-corrected chi connectivity index (χ4v) is 2.06. The number of hydrogen-bond acceptors (Lipinski definition) is 4. The minimum atomic E-state index is -3.73. The molecule has 0 heterocycles. The zero-order valence-electron chi connectivity index (χ0n) is 9.76. The van der Waals surface area contributed by atoms with Gasteiger partial charge in [-0.25, -0.2) is 0 Å². The molecule has 0 aliphatic rings. The van der Waals surface area contributed by atoms with Gasteiger partial charge in [0.1, 0.15) is 0 Å². The fraction of sp³-hybridized carbons (Fsp3) is 0.364. The van der Waals surface area contributed by atoms with Gasteiger partial charge < -0.3 is 5.32 Å². The summed E-state index contributed by atoms with van der Waals surface area (Å²) in [5.74, 6) is -0.221. The largest absolute Gasteiger partial charge is 0.354 e. The Bertz CT molecular complexity index is 479. The van der Waals surface area contributed by atoms with Gasteiger partial charge in [0.05, 0.1) is 11.5 Å². The molecule has 1 rings (SSSR count). The SMILES string of the molecule is CC(=O)NCCOS(=O)(=O)c1ccc(C)cc1. The van der Waals surface area contributed by atoms with Crippen molar-refractivity contribution in [2.24, 2.45) is 0 Å². The molecule has 5 nitrogen and oxygen atoms in total. The number of carbonyl (C=O) groups excluding carboxylic acids is 1. The van der Waals surface area contributed by atoms with Crippen LogP contribution in [0.4, 0.5) is 0 Å².